The number of carbonyl (C=O) groups excluding carboxylic acids is 1. The normalized spacial score (nSPS) is 15.9. The number of halogens is 5. The van der Waals surface area contributed by atoms with E-state index in [9.17, 15) is 35.2 Å². The van der Waals surface area contributed by atoms with E-state index in [0.29, 0.717) is 11.8 Å². The van der Waals surface area contributed by atoms with Crippen molar-refractivity contribution in [1.29, 1.82) is 0 Å². The minimum absolute atomic E-state index is 0.0247. The topological polar surface area (TPSA) is 77.4 Å². The quantitative estimate of drug-likeness (QED) is 0.225. The van der Waals surface area contributed by atoms with Gasteiger partial charge in [0.25, 0.3) is 0 Å². The molecule has 0 radical (unpaired) electrons. The molecule has 3 aromatic rings. The highest BCUT2D eigenvalue weighted by Gasteiger charge is 2.45. The van der Waals surface area contributed by atoms with Gasteiger partial charge in [-0.1, -0.05) is 36.4 Å². The van der Waals surface area contributed by atoms with Crippen LogP contribution >= 0.6 is 0 Å². The molecule has 1 N–H and O–H groups in total. The summed E-state index contributed by atoms with van der Waals surface area (Å²) in [7, 11) is -4.55. The molecule has 1 saturated carbocycles. The molecule has 0 aliphatic heterocycles. The third-order valence-corrected chi connectivity index (χ3v) is 8.54. The molecule has 1 heterocycles. The van der Waals surface area contributed by atoms with Gasteiger partial charge in [0.1, 0.15) is 6.61 Å². The summed E-state index contributed by atoms with van der Waals surface area (Å²) in [5.41, 5.74) is -1.15. The first-order valence-electron chi connectivity index (χ1n) is 12.9. The molecule has 1 aliphatic carbocycles. The molecule has 12 heteroatoms. The molecule has 6 nitrogen and oxygen atoms in total. The van der Waals surface area contributed by atoms with E-state index in [2.05, 4.69) is 4.72 Å². The van der Waals surface area contributed by atoms with Crippen molar-refractivity contribution >= 4 is 16.0 Å². The Morgan fingerprint density at radius 3 is 2.24 bits per heavy atom. The zero-order valence-corrected chi connectivity index (χ0v) is 23.8. The molecule has 4 rings (SSSR count). The second-order valence-electron chi connectivity index (χ2n) is 11.4. The number of hydrogen-bond acceptors (Lipinski definition) is 4. The summed E-state index contributed by atoms with van der Waals surface area (Å²) in [6.45, 7) is 6.07. The van der Waals surface area contributed by atoms with Gasteiger partial charge >= 0.3 is 12.1 Å². The summed E-state index contributed by atoms with van der Waals surface area (Å²) in [6, 6.07) is 13.0. The van der Waals surface area contributed by atoms with Crippen molar-refractivity contribution in [2.24, 2.45) is 5.92 Å². The second-order valence-corrected chi connectivity index (χ2v) is 13.0. The Bertz CT molecular complexity index is 1530. The number of nitrogens with zero attached hydrogens (tertiary/aromatic N) is 1. The average Bonchev–Trinajstić information content (AvgIpc) is 3.15. The molecule has 222 valence electrons. The van der Waals surface area contributed by atoms with Crippen molar-refractivity contribution in [3.8, 4) is 11.3 Å². The molecule has 0 bridgehead atoms. The lowest BCUT2D eigenvalue weighted by Crippen LogP contribution is -2.41. The smallest absolute Gasteiger partial charge is 0.417 e. The zero-order valence-electron chi connectivity index (χ0n) is 23.0. The van der Waals surface area contributed by atoms with Crippen LogP contribution in [0.1, 0.15) is 60.8 Å². The minimum atomic E-state index is -5.03. The van der Waals surface area contributed by atoms with Crippen LogP contribution in [0.5, 0.6) is 0 Å². The maximum Gasteiger partial charge on any atom is 0.417 e. The predicted molar refractivity (Wildman–Crippen MR) is 143 cm³/mol. The van der Waals surface area contributed by atoms with Crippen LogP contribution in [0.15, 0.2) is 59.5 Å². The number of aromatic nitrogens is 1. The molecule has 0 saturated heterocycles. The van der Waals surface area contributed by atoms with Crippen molar-refractivity contribution in [2.45, 2.75) is 76.2 Å². The second kappa shape index (κ2) is 10.9. The van der Waals surface area contributed by atoms with Crippen LogP contribution in [0.25, 0.3) is 11.3 Å². The van der Waals surface area contributed by atoms with E-state index < -0.39 is 50.0 Å². The highest BCUT2D eigenvalue weighted by Crippen LogP contribution is 2.44. The Labute approximate surface area is 235 Å². The number of ether oxygens (including phenoxy) is 1. The lowest BCUT2D eigenvalue weighted by molar-refractivity contribution is -0.139. The van der Waals surface area contributed by atoms with Gasteiger partial charge in [-0.25, -0.2) is 26.7 Å². The lowest BCUT2D eigenvalue weighted by Gasteiger charge is -2.35. The number of rotatable bonds is 8. The molecule has 41 heavy (non-hydrogen) atoms. The highest BCUT2D eigenvalue weighted by atomic mass is 32.2. The molecule has 0 unspecified atom stereocenters. The van der Waals surface area contributed by atoms with Crippen molar-refractivity contribution in [3.63, 3.8) is 0 Å². The molecule has 1 aliphatic rings. The minimum Gasteiger partial charge on any atom is -0.457 e. The molecule has 1 aromatic heterocycles. The van der Waals surface area contributed by atoms with Gasteiger partial charge in [0, 0.05) is 36.3 Å². The molecular formula is C29H31F5N2O4S. The molecule has 0 atom stereocenters. The molecule has 0 spiro atoms. The summed E-state index contributed by atoms with van der Waals surface area (Å²) in [5.74, 6) is -4.00. The van der Waals surface area contributed by atoms with Gasteiger partial charge in [0.2, 0.25) is 15.9 Å². The molecule has 0 amide bonds. The Morgan fingerprint density at radius 2 is 1.68 bits per heavy atom. The fourth-order valence-corrected chi connectivity index (χ4v) is 6.53. The lowest BCUT2D eigenvalue weighted by atomic mass is 9.81. The van der Waals surface area contributed by atoms with Crippen LogP contribution in [-0.2, 0) is 34.1 Å². The first kappa shape index (κ1) is 30.7. The maximum atomic E-state index is 14.2. The van der Waals surface area contributed by atoms with Gasteiger partial charge in [-0.3, -0.25) is 0 Å². The monoisotopic (exact) mass is 598 g/mol. The van der Waals surface area contributed by atoms with E-state index in [1.54, 1.807) is 37.3 Å². The first-order chi connectivity index (χ1) is 18.9. The third kappa shape index (κ3) is 7.16. The average molecular weight is 599 g/mol. The van der Waals surface area contributed by atoms with Crippen LogP contribution in [-0.4, -0.2) is 30.4 Å². The van der Waals surface area contributed by atoms with E-state index >= 15 is 0 Å². The van der Waals surface area contributed by atoms with Gasteiger partial charge in [-0.2, -0.15) is 13.2 Å². The standard InChI is InChI=1S/C29H31F5N2O4S/c1-18-22(26(37)40-17-19-8-6-5-7-9-19)13-24(36(18)16-20-14-28(30,31)15-20)21-10-11-25(23(12-21)29(32,33)34)41(38,39)35-27(2,3)4/h5-13,20,35H,14-17H2,1-4H3. The van der Waals surface area contributed by atoms with Crippen molar-refractivity contribution in [1.82, 2.24) is 9.29 Å². The Balaban J connectivity index is 1.77. The fraction of sp³-hybridized carbons (Fsp3) is 0.414. The number of nitrogens with one attached hydrogen (secondary N) is 1. The fourth-order valence-electron chi connectivity index (χ4n) is 4.90. The molecule has 2 aromatic carbocycles. The maximum absolute atomic E-state index is 14.2. The number of benzene rings is 2. The van der Waals surface area contributed by atoms with E-state index in [-0.39, 0.29) is 42.8 Å². The summed E-state index contributed by atoms with van der Waals surface area (Å²) in [4.78, 5) is 12.1. The van der Waals surface area contributed by atoms with Crippen molar-refractivity contribution in [2.75, 3.05) is 0 Å². The highest BCUT2D eigenvalue weighted by molar-refractivity contribution is 7.89. The number of sulfonamides is 1. The molecular weight excluding hydrogens is 567 g/mol. The van der Waals surface area contributed by atoms with Gasteiger partial charge in [0.15, 0.2) is 0 Å². The SMILES string of the molecule is Cc1c(C(=O)OCc2ccccc2)cc(-c2ccc(S(=O)(=O)NC(C)(C)C)c(C(F)(F)F)c2)n1CC1CC(F)(F)C1. The predicted octanol–water partition coefficient (Wildman–Crippen LogP) is 6.96. The first-order valence-corrected chi connectivity index (χ1v) is 14.4. The van der Waals surface area contributed by atoms with Crippen LogP contribution in [0.3, 0.4) is 0 Å². The number of hydrogen-bond donors (Lipinski definition) is 1. The number of carbonyl (C=O) groups is 1. The van der Waals surface area contributed by atoms with Crippen molar-refractivity contribution in [3.05, 3.63) is 77.0 Å². The summed E-state index contributed by atoms with van der Waals surface area (Å²) in [5, 5.41) is 0. The van der Waals surface area contributed by atoms with E-state index in [1.165, 1.54) is 37.5 Å². The Kier molecular flexibility index (Phi) is 8.14. The molecule has 1 fully saturated rings. The third-order valence-electron chi connectivity index (χ3n) is 6.73. The summed E-state index contributed by atoms with van der Waals surface area (Å²) >= 11 is 0. The van der Waals surface area contributed by atoms with Crippen LogP contribution in [0.2, 0.25) is 0 Å². The van der Waals surface area contributed by atoms with E-state index in [0.717, 1.165) is 11.6 Å². The summed E-state index contributed by atoms with van der Waals surface area (Å²) < 4.78 is 105. The summed E-state index contributed by atoms with van der Waals surface area (Å²) in [6.07, 6.45) is -5.81. The van der Waals surface area contributed by atoms with Gasteiger partial charge < -0.3 is 9.30 Å². The van der Waals surface area contributed by atoms with Gasteiger partial charge in [-0.15, -0.1) is 0 Å². The van der Waals surface area contributed by atoms with Crippen LogP contribution in [0, 0.1) is 12.8 Å². The van der Waals surface area contributed by atoms with Gasteiger partial charge in [-0.05, 0) is 62.9 Å². The Morgan fingerprint density at radius 1 is 1.05 bits per heavy atom. The van der Waals surface area contributed by atoms with Gasteiger partial charge in [0.05, 0.1) is 16.0 Å². The van der Waals surface area contributed by atoms with E-state index in [4.69, 9.17) is 4.74 Å². The Hall–Kier alpha value is -3.25. The van der Waals surface area contributed by atoms with Crippen molar-refractivity contribution < 1.29 is 39.9 Å². The number of alkyl halides is 5. The van der Waals surface area contributed by atoms with Crippen LogP contribution < -0.4 is 4.72 Å². The van der Waals surface area contributed by atoms with E-state index in [1.807, 2.05) is 0 Å². The van der Waals surface area contributed by atoms with Crippen LogP contribution in [0.4, 0.5) is 22.0 Å². The largest absolute Gasteiger partial charge is 0.457 e. The number of esters is 1. The zero-order chi connectivity index (χ0) is 30.4.